The number of carbonyl (C=O) groups excluding carboxylic acids is 3. The van der Waals surface area contributed by atoms with Crippen LogP contribution in [0, 0.1) is 22.7 Å². The molecule has 90 heavy (non-hydrogen) atoms. The molecule has 4 fully saturated rings. The predicted molar refractivity (Wildman–Crippen MR) is 368 cm³/mol. The van der Waals surface area contributed by atoms with E-state index in [0.29, 0.717) is 61.1 Å². The molecule has 10 rings (SSSR count). The largest absolute Gasteiger partial charge is 0.481 e. The Kier molecular flexibility index (Phi) is 27.9. The van der Waals surface area contributed by atoms with Crippen molar-refractivity contribution >= 4 is 89.0 Å². The van der Waals surface area contributed by atoms with Crippen molar-refractivity contribution in [2.45, 2.75) is 187 Å². The average molecular weight is 1220 g/mol. The quantitative estimate of drug-likeness (QED) is 0.0251. The number of H-pyrrole nitrogens is 2. The maximum Gasteiger partial charge on any atom is 0.307 e. The number of imidazole rings is 2. The van der Waals surface area contributed by atoms with E-state index in [0.717, 1.165) is 146 Å². The van der Waals surface area contributed by atoms with Gasteiger partial charge in [0.1, 0.15) is 23.2 Å². The normalized spacial score (nSPS) is 21.1. The summed E-state index contributed by atoms with van der Waals surface area (Å²) in [5.41, 5.74) is 11.8. The summed E-state index contributed by atoms with van der Waals surface area (Å²) in [5, 5.41) is 14.4. The molecule has 4 saturated carbocycles. The Hall–Kier alpha value is -6.17. The Balaban J connectivity index is 0.000000225. The minimum Gasteiger partial charge on any atom is -0.481 e. The van der Waals surface area contributed by atoms with Gasteiger partial charge in [0.15, 0.2) is 0 Å². The lowest BCUT2D eigenvalue weighted by molar-refractivity contribution is -0.139. The van der Waals surface area contributed by atoms with Gasteiger partial charge in [0.05, 0.1) is 78.2 Å². The fourth-order valence-electron chi connectivity index (χ4n) is 12.9. The lowest BCUT2D eigenvalue weighted by Gasteiger charge is -2.33. The smallest absolute Gasteiger partial charge is 0.307 e. The molecule has 1 amide bonds. The standard InChI is InChI=1S/C33H45N5O3.C22H28N4O2.C11H19NO2.CH4.B6/c1-5-24(39)12-7-6-8-14-28(36-31(40)26-20-33(26)17-15-23(16-18-33)38(2)3)30-34-21-29(35-30)25-19-22-11-9-10-13-27(22)37-32(25)41-4;1-3-16(27)10-5-4-6-11-18(23)21-24-14-20(25-21)17-13-15-9-7-8-12-19(15)26-22(17)28-2;1-12(2)8-3-5-11(6-4-8)7-9(11)10(13)14;;1-5(2)6(3)4/h9-11,13,19,21,23,26,28H,5-8,12,14-18,20H2,1-4H3,(H,34,35)(H,36,40);7-9,12-14,18H,3-6,10-11,23H2,1-2H3,(H,24,25);8-9H,3-7H2,1-2H3,(H,13,14);1H4;/t23?,26?,28-,33?;18-;;;/m00.../s1. The van der Waals surface area contributed by atoms with Crippen LogP contribution < -0.4 is 20.5 Å². The predicted octanol–water partition coefficient (Wildman–Crippen LogP) is 10.7. The van der Waals surface area contributed by atoms with E-state index in [1.165, 1.54) is 25.7 Å². The van der Waals surface area contributed by atoms with Crippen LogP contribution in [0.1, 0.15) is 186 Å². The van der Waals surface area contributed by atoms with Crippen LogP contribution in [-0.2, 0) is 19.2 Å². The van der Waals surface area contributed by atoms with Gasteiger partial charge in [-0.25, -0.2) is 19.9 Å². The van der Waals surface area contributed by atoms with Crippen molar-refractivity contribution in [1.29, 1.82) is 0 Å². The Morgan fingerprint density at radius 2 is 1.08 bits per heavy atom. The number of methoxy groups -OCH3 is 2. The Bertz CT molecular complexity index is 3250. The summed E-state index contributed by atoms with van der Waals surface area (Å²) in [7, 11) is 31.6. The summed E-state index contributed by atoms with van der Waals surface area (Å²) in [5.74, 6) is 2.89. The van der Waals surface area contributed by atoms with E-state index in [1.54, 1.807) is 20.4 Å². The number of ketones is 2. The average Bonchev–Trinajstić information content (AvgIpc) is 1.63. The molecule has 4 aliphatic carbocycles. The van der Waals surface area contributed by atoms with E-state index in [2.05, 4.69) is 80.4 Å². The number of fused-ring (bicyclic) bond motifs is 2. The van der Waals surface area contributed by atoms with Crippen molar-refractivity contribution in [3.8, 4) is 34.3 Å². The second-order valence-electron chi connectivity index (χ2n) is 25.6. The number of nitrogens with two attached hydrogens (primary N) is 1. The molecule has 6 N–H and O–H groups in total. The van der Waals surface area contributed by atoms with Crippen molar-refractivity contribution in [2.75, 3.05) is 42.4 Å². The molecule has 2 spiro atoms. The number of amides is 1. The molecule has 4 atom stereocenters. The topological polar surface area (TPSA) is 235 Å². The number of para-hydroxylation sites is 2. The Labute approximate surface area is 541 Å². The number of hydrogen-bond donors (Lipinski definition) is 5. The van der Waals surface area contributed by atoms with Gasteiger partial charge < -0.3 is 45.4 Å². The monoisotopic (exact) mass is 1220 g/mol. The van der Waals surface area contributed by atoms with Crippen LogP contribution >= 0.6 is 0 Å². The van der Waals surface area contributed by atoms with Crippen LogP contribution in [-0.4, -0.2) is 166 Å². The molecule has 8 radical (unpaired) electrons. The summed E-state index contributed by atoms with van der Waals surface area (Å²) in [6.07, 6.45) is 23.3. The number of carbonyl (C=O) groups is 4. The zero-order chi connectivity index (χ0) is 64.4. The van der Waals surface area contributed by atoms with Crippen LogP contribution in [0.4, 0.5) is 0 Å². The number of carboxylic acid groups (broad SMARTS) is 1. The number of unbranched alkanes of at least 4 members (excludes halogenated alkanes) is 4. The number of aliphatic carboxylic acids is 1. The number of Topliss-reactive ketones (excluding diaryl/α,β-unsaturated/α-hetero) is 2. The van der Waals surface area contributed by atoms with Crippen molar-refractivity contribution in [1.82, 2.24) is 45.0 Å². The number of aromatic amines is 2. The fraction of sp³-hybridized carbons (Fsp3) is 0.582. The second-order valence-corrected chi connectivity index (χ2v) is 25.6. The van der Waals surface area contributed by atoms with Crippen molar-refractivity contribution in [2.24, 2.45) is 28.4 Å². The summed E-state index contributed by atoms with van der Waals surface area (Å²) in [6.45, 7) is 3.83. The van der Waals surface area contributed by atoms with Crippen LogP contribution in [0.25, 0.3) is 44.3 Å². The zero-order valence-corrected chi connectivity index (χ0v) is 54.1. The summed E-state index contributed by atoms with van der Waals surface area (Å²) < 4.78 is 11.1. The van der Waals surface area contributed by atoms with E-state index in [-0.39, 0.29) is 48.1 Å². The van der Waals surface area contributed by atoms with Gasteiger partial charge in [0.2, 0.25) is 17.7 Å². The van der Waals surface area contributed by atoms with E-state index in [9.17, 15) is 19.2 Å². The van der Waals surface area contributed by atoms with Crippen LogP contribution in [0.3, 0.4) is 0 Å². The van der Waals surface area contributed by atoms with Gasteiger partial charge in [-0.2, -0.15) is 0 Å². The first kappa shape index (κ1) is 72.9. The van der Waals surface area contributed by atoms with Crippen LogP contribution in [0.2, 0.25) is 0 Å². The van der Waals surface area contributed by atoms with Gasteiger partial charge in [-0.1, -0.05) is 83.4 Å². The maximum absolute atomic E-state index is 13.6. The third-order valence-electron chi connectivity index (χ3n) is 19.0. The number of carboxylic acids is 1. The van der Waals surface area contributed by atoms with E-state index in [4.69, 9.17) is 56.2 Å². The van der Waals surface area contributed by atoms with Gasteiger partial charge >= 0.3 is 5.97 Å². The molecule has 0 aliphatic heterocycles. The fourth-order valence-corrected chi connectivity index (χ4v) is 12.9. The lowest BCUT2D eigenvalue weighted by atomic mass is 8.81. The molecular formula is C67H96B6N10O7. The molecule has 0 saturated heterocycles. The number of benzene rings is 2. The number of aromatic nitrogens is 6. The van der Waals surface area contributed by atoms with Crippen molar-refractivity contribution < 1.29 is 33.8 Å². The first-order valence-electron chi connectivity index (χ1n) is 32.3. The van der Waals surface area contributed by atoms with Crippen molar-refractivity contribution in [3.05, 3.63) is 84.7 Å². The summed E-state index contributed by atoms with van der Waals surface area (Å²) >= 11 is 0. The number of pyridine rings is 2. The van der Waals surface area contributed by atoms with Crippen molar-refractivity contribution in [3.63, 3.8) is 0 Å². The van der Waals surface area contributed by atoms with Gasteiger partial charge in [-0.3, -0.25) is 19.2 Å². The Morgan fingerprint density at radius 1 is 0.656 bits per heavy atom. The number of rotatable bonds is 26. The molecule has 2 aromatic carbocycles. The molecule has 0 bridgehead atoms. The number of hydrogen-bond acceptors (Lipinski definition) is 13. The first-order chi connectivity index (χ1) is 42.6. The Morgan fingerprint density at radius 3 is 1.50 bits per heavy atom. The third-order valence-corrected chi connectivity index (χ3v) is 19.0. The molecule has 4 aromatic heterocycles. The van der Waals surface area contributed by atoms with E-state index >= 15 is 0 Å². The molecule has 4 heterocycles. The minimum absolute atomic E-state index is 0. The highest BCUT2D eigenvalue weighted by molar-refractivity contribution is 7.76. The molecular weight excluding hydrogens is 1120 g/mol. The van der Waals surface area contributed by atoms with Gasteiger partial charge in [0.25, 0.3) is 0 Å². The lowest BCUT2D eigenvalue weighted by Crippen LogP contribution is -2.38. The zero-order valence-electron chi connectivity index (χ0n) is 54.1. The first-order valence-corrected chi connectivity index (χ1v) is 32.3. The highest BCUT2D eigenvalue weighted by Gasteiger charge is 2.60. The SMILES string of the molecule is C.CCC(=O)CCCCC[C@H](N)c1ncc(-c2cc3ccccc3nc2OC)[nH]1.CCC(=O)CCCCC[C@H](NC(=O)C1CC12CCC(N(C)C)CC2)c1ncc(-c2cc3ccccc3nc2OC)[nH]1.CN(C)C1CCC2(CC1)CC2C(=O)O.[B]B([B])B([B])[B]. The highest BCUT2D eigenvalue weighted by atomic mass is 16.5. The number of nitrogens with one attached hydrogen (secondary N) is 3. The minimum atomic E-state index is -0.593. The molecule has 474 valence electrons. The molecule has 6 aromatic rings. The highest BCUT2D eigenvalue weighted by Crippen LogP contribution is 2.62. The van der Waals surface area contributed by atoms with Gasteiger partial charge in [-0.05, 0) is 153 Å². The van der Waals surface area contributed by atoms with Crippen LogP contribution in [0.15, 0.2) is 73.1 Å². The van der Waals surface area contributed by atoms with Gasteiger partial charge in [0, 0.05) is 98.2 Å². The van der Waals surface area contributed by atoms with Crippen LogP contribution in [0.5, 0.6) is 11.8 Å². The van der Waals surface area contributed by atoms with Gasteiger partial charge in [-0.15, -0.1) is 0 Å². The molecule has 23 heteroatoms. The van der Waals surface area contributed by atoms with E-state index in [1.807, 2.05) is 68.6 Å². The molecule has 17 nitrogen and oxygen atoms in total. The number of nitrogens with zero attached hydrogens (tertiary/aromatic N) is 6. The summed E-state index contributed by atoms with van der Waals surface area (Å²) in [4.78, 5) is 77.4. The molecule has 2 unspecified atom stereocenters. The maximum atomic E-state index is 13.6. The summed E-state index contributed by atoms with van der Waals surface area (Å²) in [6, 6.07) is 20.9. The van der Waals surface area contributed by atoms with E-state index < -0.39 is 18.7 Å². The molecule has 4 aliphatic rings. The third kappa shape index (κ3) is 19.9. The second kappa shape index (κ2) is 34.5. The number of ether oxygens (including phenoxy) is 2.